The van der Waals surface area contributed by atoms with Crippen LogP contribution in [0.25, 0.3) is 0 Å². The van der Waals surface area contributed by atoms with Gasteiger partial charge in [-0.3, -0.25) is 9.59 Å². The van der Waals surface area contributed by atoms with E-state index in [1.807, 2.05) is 0 Å². The first-order valence-corrected chi connectivity index (χ1v) is 4.20. The zero-order valence-corrected chi connectivity index (χ0v) is 8.59. The molecule has 0 heterocycles. The molecule has 13 heavy (non-hydrogen) atoms. The first-order valence-electron chi connectivity index (χ1n) is 4.20. The third-order valence-corrected chi connectivity index (χ3v) is 1.33. The van der Waals surface area contributed by atoms with Crippen molar-refractivity contribution in [1.29, 1.82) is 0 Å². The van der Waals surface area contributed by atoms with E-state index in [0.717, 1.165) is 0 Å². The van der Waals surface area contributed by atoms with Gasteiger partial charge in [0.05, 0.1) is 12.5 Å². The molecule has 0 radical (unpaired) electrons. The Morgan fingerprint density at radius 2 is 1.85 bits per heavy atom. The Kier molecular flexibility index (Phi) is 4.07. The summed E-state index contributed by atoms with van der Waals surface area (Å²) in [6.07, 6.45) is -0.0490. The Morgan fingerprint density at radius 3 is 2.15 bits per heavy atom. The second-order valence-corrected chi connectivity index (χ2v) is 4.01. The number of esters is 1. The smallest absolute Gasteiger partial charge is 0.308 e. The Hall–Kier alpha value is -0.900. The number of ether oxygens (including phenoxy) is 1. The van der Waals surface area contributed by atoms with E-state index in [2.05, 4.69) is 0 Å². The number of rotatable bonds is 3. The van der Waals surface area contributed by atoms with Gasteiger partial charge in [-0.25, -0.2) is 0 Å². The summed E-state index contributed by atoms with van der Waals surface area (Å²) in [5, 5.41) is 0. The molecule has 0 rings (SSSR count). The van der Waals surface area contributed by atoms with Crippen LogP contribution in [0.5, 0.6) is 0 Å². The topological polar surface area (TPSA) is 69.4 Å². The molecule has 0 aromatic heterocycles. The van der Waals surface area contributed by atoms with Crippen LogP contribution in [0.4, 0.5) is 0 Å². The average molecular weight is 187 g/mol. The molecule has 0 fully saturated rings. The van der Waals surface area contributed by atoms with Gasteiger partial charge in [-0.2, -0.15) is 0 Å². The number of ketones is 1. The molecule has 2 N–H and O–H groups in total. The number of carbonyl (C=O) groups is 2. The van der Waals surface area contributed by atoms with Gasteiger partial charge in [0.1, 0.15) is 11.4 Å². The fourth-order valence-corrected chi connectivity index (χ4v) is 0.706. The molecule has 76 valence electrons. The third-order valence-electron chi connectivity index (χ3n) is 1.33. The van der Waals surface area contributed by atoms with Gasteiger partial charge in [0.2, 0.25) is 0 Å². The van der Waals surface area contributed by atoms with Crippen LogP contribution in [0.2, 0.25) is 0 Å². The van der Waals surface area contributed by atoms with E-state index in [1.54, 1.807) is 20.8 Å². The molecule has 4 heteroatoms. The van der Waals surface area contributed by atoms with Crippen LogP contribution in [-0.4, -0.2) is 23.4 Å². The molecule has 0 bridgehead atoms. The van der Waals surface area contributed by atoms with Gasteiger partial charge in [-0.15, -0.1) is 0 Å². The highest BCUT2D eigenvalue weighted by molar-refractivity contribution is 5.86. The van der Waals surface area contributed by atoms with Gasteiger partial charge in [0, 0.05) is 0 Å². The van der Waals surface area contributed by atoms with Crippen LogP contribution >= 0.6 is 0 Å². The standard InChI is InChI=1S/C9H17NO3/c1-6(11)7(10)5-8(12)13-9(2,3)4/h7H,5,10H2,1-4H3/t7-/m0/s1. The number of Topliss-reactive ketones (excluding diaryl/α,β-unsaturated/α-hetero) is 1. The molecular weight excluding hydrogens is 170 g/mol. The molecular formula is C9H17NO3. The molecule has 0 amide bonds. The molecule has 0 spiro atoms. The van der Waals surface area contributed by atoms with Gasteiger partial charge >= 0.3 is 5.97 Å². The maximum absolute atomic E-state index is 11.1. The second-order valence-electron chi connectivity index (χ2n) is 4.01. The summed E-state index contributed by atoms with van der Waals surface area (Å²) < 4.78 is 4.99. The third kappa shape index (κ3) is 6.28. The normalized spacial score (nSPS) is 13.6. The van der Waals surface area contributed by atoms with Crippen molar-refractivity contribution < 1.29 is 14.3 Å². The molecule has 0 aromatic carbocycles. The van der Waals surface area contributed by atoms with E-state index >= 15 is 0 Å². The zero-order chi connectivity index (χ0) is 10.6. The van der Waals surface area contributed by atoms with Crippen LogP contribution in [0.15, 0.2) is 0 Å². The van der Waals surface area contributed by atoms with E-state index in [-0.39, 0.29) is 12.2 Å². The predicted octanol–water partition coefficient (Wildman–Crippen LogP) is 0.634. The fourth-order valence-electron chi connectivity index (χ4n) is 0.706. The monoisotopic (exact) mass is 187 g/mol. The lowest BCUT2D eigenvalue weighted by Gasteiger charge is -2.20. The summed E-state index contributed by atoms with van der Waals surface area (Å²) in [7, 11) is 0. The van der Waals surface area contributed by atoms with Crippen molar-refractivity contribution in [3.8, 4) is 0 Å². The summed E-state index contributed by atoms with van der Waals surface area (Å²) in [5.41, 5.74) is 4.87. The largest absolute Gasteiger partial charge is 0.460 e. The first-order chi connectivity index (χ1) is 5.72. The van der Waals surface area contributed by atoms with E-state index in [0.29, 0.717) is 0 Å². The minimum Gasteiger partial charge on any atom is -0.460 e. The van der Waals surface area contributed by atoms with Crippen LogP contribution in [-0.2, 0) is 14.3 Å². The highest BCUT2D eigenvalue weighted by Gasteiger charge is 2.20. The van der Waals surface area contributed by atoms with E-state index < -0.39 is 17.6 Å². The van der Waals surface area contributed by atoms with Gasteiger partial charge in [-0.1, -0.05) is 0 Å². The molecule has 1 atom stereocenters. The number of nitrogens with two attached hydrogens (primary N) is 1. The summed E-state index contributed by atoms with van der Waals surface area (Å²) in [5.74, 6) is -0.638. The minimum atomic E-state index is -0.741. The highest BCUT2D eigenvalue weighted by Crippen LogP contribution is 2.08. The SMILES string of the molecule is CC(=O)[C@@H](N)CC(=O)OC(C)(C)C. The summed E-state index contributed by atoms with van der Waals surface area (Å²) in [4.78, 5) is 21.8. The van der Waals surface area contributed by atoms with Crippen molar-refractivity contribution in [2.24, 2.45) is 5.73 Å². The lowest BCUT2D eigenvalue weighted by molar-refractivity contribution is -0.156. The molecule has 4 nitrogen and oxygen atoms in total. The Morgan fingerprint density at radius 1 is 1.38 bits per heavy atom. The summed E-state index contributed by atoms with van der Waals surface area (Å²) in [6, 6.07) is -0.741. The van der Waals surface area contributed by atoms with Crippen molar-refractivity contribution in [2.75, 3.05) is 0 Å². The minimum absolute atomic E-state index is 0.0490. The molecule has 0 aliphatic heterocycles. The molecule has 0 saturated heterocycles. The molecule has 0 saturated carbocycles. The number of hydrogen-bond acceptors (Lipinski definition) is 4. The van der Waals surface area contributed by atoms with Gasteiger partial charge in [0.25, 0.3) is 0 Å². The van der Waals surface area contributed by atoms with Crippen LogP contribution in [0.1, 0.15) is 34.1 Å². The lowest BCUT2D eigenvalue weighted by Crippen LogP contribution is -2.34. The van der Waals surface area contributed by atoms with Crippen molar-refractivity contribution in [2.45, 2.75) is 45.8 Å². The summed E-state index contributed by atoms with van der Waals surface area (Å²) in [6.45, 7) is 6.66. The quantitative estimate of drug-likeness (QED) is 0.658. The van der Waals surface area contributed by atoms with Crippen molar-refractivity contribution in [3.05, 3.63) is 0 Å². The Labute approximate surface area is 78.4 Å². The van der Waals surface area contributed by atoms with Crippen molar-refractivity contribution >= 4 is 11.8 Å². The van der Waals surface area contributed by atoms with Crippen molar-refractivity contribution in [3.63, 3.8) is 0 Å². The maximum atomic E-state index is 11.1. The molecule has 0 unspecified atom stereocenters. The molecule has 0 aliphatic rings. The average Bonchev–Trinajstić information content (AvgIpc) is 1.81. The number of hydrogen-bond donors (Lipinski definition) is 1. The fraction of sp³-hybridized carbons (Fsp3) is 0.778. The maximum Gasteiger partial charge on any atom is 0.308 e. The van der Waals surface area contributed by atoms with E-state index in [1.165, 1.54) is 6.92 Å². The number of carbonyl (C=O) groups excluding carboxylic acids is 2. The first kappa shape index (κ1) is 12.1. The Balaban J connectivity index is 3.96. The zero-order valence-electron chi connectivity index (χ0n) is 8.59. The second kappa shape index (κ2) is 4.37. The van der Waals surface area contributed by atoms with Gasteiger partial charge in [-0.05, 0) is 27.7 Å². The highest BCUT2D eigenvalue weighted by atomic mass is 16.6. The van der Waals surface area contributed by atoms with Gasteiger partial charge < -0.3 is 10.5 Å². The Bertz CT molecular complexity index is 205. The summed E-state index contributed by atoms with van der Waals surface area (Å²) >= 11 is 0. The van der Waals surface area contributed by atoms with E-state index in [4.69, 9.17) is 10.5 Å². The molecule has 0 aromatic rings. The lowest BCUT2D eigenvalue weighted by atomic mass is 10.1. The molecule has 0 aliphatic carbocycles. The predicted molar refractivity (Wildman–Crippen MR) is 49.1 cm³/mol. The van der Waals surface area contributed by atoms with Crippen molar-refractivity contribution in [1.82, 2.24) is 0 Å². The van der Waals surface area contributed by atoms with Crippen LogP contribution < -0.4 is 5.73 Å². The van der Waals surface area contributed by atoms with Gasteiger partial charge in [0.15, 0.2) is 0 Å². The van der Waals surface area contributed by atoms with Crippen LogP contribution in [0.3, 0.4) is 0 Å². The van der Waals surface area contributed by atoms with Crippen LogP contribution in [0, 0.1) is 0 Å². The van der Waals surface area contributed by atoms with E-state index in [9.17, 15) is 9.59 Å².